The van der Waals surface area contributed by atoms with Gasteiger partial charge < -0.3 is 15.3 Å². The van der Waals surface area contributed by atoms with Crippen molar-refractivity contribution >= 4 is 69.6 Å². The van der Waals surface area contributed by atoms with Crippen molar-refractivity contribution in [3.05, 3.63) is 33.7 Å². The monoisotopic (exact) mass is 487 g/mol. The highest BCUT2D eigenvalue weighted by molar-refractivity contribution is 8.08. The number of amides is 3. The van der Waals surface area contributed by atoms with E-state index in [1.54, 1.807) is 0 Å². The van der Waals surface area contributed by atoms with E-state index < -0.39 is 35.4 Å². The Morgan fingerprint density at radius 3 is 2.87 bits per heavy atom. The first kappa shape index (κ1) is 22.8. The van der Waals surface area contributed by atoms with Crippen LogP contribution in [0.2, 0.25) is 0 Å². The molecule has 164 valence electrons. The van der Waals surface area contributed by atoms with Crippen LogP contribution in [-0.2, 0) is 19.2 Å². The van der Waals surface area contributed by atoms with Crippen LogP contribution < -0.4 is 10.6 Å². The molecule has 1 fully saturated rings. The van der Waals surface area contributed by atoms with E-state index in [0.717, 1.165) is 28.0 Å². The second-order valence-electron chi connectivity index (χ2n) is 5.78. The summed E-state index contributed by atoms with van der Waals surface area (Å²) in [5.41, 5.74) is -0.452. The van der Waals surface area contributed by atoms with Crippen LogP contribution >= 0.6 is 34.9 Å². The van der Waals surface area contributed by atoms with Crippen molar-refractivity contribution in [3.63, 3.8) is 0 Å². The van der Waals surface area contributed by atoms with Crippen LogP contribution in [0.25, 0.3) is 0 Å². The number of hydrogen-bond donors (Lipinski definition) is 3. The Labute approximate surface area is 186 Å². The summed E-state index contributed by atoms with van der Waals surface area (Å²) in [6.07, 6.45) is -1.82. The second kappa shape index (κ2) is 9.49. The quantitative estimate of drug-likeness (QED) is 0.163. The van der Waals surface area contributed by atoms with Crippen LogP contribution in [0.5, 0.6) is 0 Å². The average Bonchev–Trinajstić information content (AvgIpc) is 3.16. The van der Waals surface area contributed by atoms with Gasteiger partial charge in [-0.2, -0.15) is 0 Å². The predicted octanol–water partition coefficient (Wildman–Crippen LogP) is 1.57. The van der Waals surface area contributed by atoms with Gasteiger partial charge in [0.1, 0.15) is 29.9 Å². The molecule has 2 aliphatic heterocycles. The smallest absolute Gasteiger partial charge is 0.403 e. The highest BCUT2D eigenvalue weighted by Gasteiger charge is 2.54. The lowest BCUT2D eigenvalue weighted by Crippen LogP contribution is -2.71. The molecule has 2 atom stereocenters. The summed E-state index contributed by atoms with van der Waals surface area (Å²) in [6, 6.07) is -0.993. The molecule has 1 aromatic heterocycles. The van der Waals surface area contributed by atoms with Crippen molar-refractivity contribution in [2.75, 3.05) is 18.2 Å². The Kier molecular flexibility index (Phi) is 6.97. The number of carbonyl (C=O) groups excluding carboxylic acids is 3. The lowest BCUT2D eigenvalue weighted by Gasteiger charge is -2.49. The normalized spacial score (nSPS) is 20.5. The van der Waals surface area contributed by atoms with Gasteiger partial charge in [-0.3, -0.25) is 19.8 Å². The summed E-state index contributed by atoms with van der Waals surface area (Å²) in [6.45, 7) is 3.56. The van der Waals surface area contributed by atoms with E-state index in [2.05, 4.69) is 26.9 Å². The molecule has 11 nitrogen and oxygen atoms in total. The van der Waals surface area contributed by atoms with Crippen molar-refractivity contribution < 1.29 is 33.5 Å². The molecule has 3 heterocycles. The zero-order valence-corrected chi connectivity index (χ0v) is 18.1. The molecule has 0 aliphatic carbocycles. The largest absolute Gasteiger partial charge is 0.477 e. The third-order valence-corrected chi connectivity index (χ3v) is 7.01. The number of rotatable bonds is 8. The Bertz CT molecular complexity index is 1030. The summed E-state index contributed by atoms with van der Waals surface area (Å²) in [7, 11) is 1.19. The number of nitrogens with zero attached hydrogens (tertiary/aromatic N) is 3. The minimum atomic E-state index is -1.82. The molecule has 31 heavy (non-hydrogen) atoms. The molecular formula is C16H14FN5O6S3. The predicted molar refractivity (Wildman–Crippen MR) is 113 cm³/mol. The number of aliphatic carboxylic acids is 1. The Morgan fingerprint density at radius 2 is 2.26 bits per heavy atom. The topological polar surface area (TPSA) is 150 Å². The van der Waals surface area contributed by atoms with E-state index >= 15 is 0 Å². The summed E-state index contributed by atoms with van der Waals surface area (Å²) in [5, 5.41) is 19.6. The molecule has 3 rings (SSSR count). The minimum absolute atomic E-state index is 0.0104. The first-order valence-corrected chi connectivity index (χ1v) is 11.1. The molecule has 2 unspecified atom stereocenters. The Hall–Kier alpha value is -2.91. The molecule has 0 radical (unpaired) electrons. The van der Waals surface area contributed by atoms with Crippen molar-refractivity contribution in [2.24, 2.45) is 5.16 Å². The number of carboxylic acid groups (broad SMARTS) is 1. The Morgan fingerprint density at radius 1 is 1.52 bits per heavy atom. The van der Waals surface area contributed by atoms with Crippen LogP contribution in [0.4, 0.5) is 14.3 Å². The maximum atomic E-state index is 12.7. The molecule has 0 bridgehead atoms. The molecule has 3 amide bonds. The zero-order valence-electron chi connectivity index (χ0n) is 15.7. The van der Waals surface area contributed by atoms with Crippen LogP contribution in [0.3, 0.4) is 0 Å². The van der Waals surface area contributed by atoms with Crippen molar-refractivity contribution in [1.29, 1.82) is 0 Å². The molecule has 2 aliphatic rings. The highest BCUT2D eigenvalue weighted by atomic mass is 32.2. The van der Waals surface area contributed by atoms with Gasteiger partial charge in [0.25, 0.3) is 11.8 Å². The van der Waals surface area contributed by atoms with E-state index in [-0.39, 0.29) is 22.2 Å². The number of hydrogen-bond acceptors (Lipinski definition) is 10. The molecule has 15 heteroatoms. The van der Waals surface area contributed by atoms with Gasteiger partial charge in [0.2, 0.25) is 0 Å². The number of oxime groups is 1. The van der Waals surface area contributed by atoms with Gasteiger partial charge in [-0.25, -0.2) is 14.6 Å². The van der Waals surface area contributed by atoms with Crippen LogP contribution in [0.15, 0.2) is 33.1 Å². The standard InChI is InChI=1S/C16H14FN5O6S3/c1-3-29-7-5-30-13-9(12(24)22(13)10(7)14(25)26)19-11(23)8(21-28-2)6-4-31-16(18-6)20-15(17)27/h3-4,9,13H,1,5H2,2H3,(H,19,23)(H,25,26)(H,18,20,27)/b21-8+. The number of β-lactam (4-membered cyclic amide) rings is 1. The number of nitrogens with one attached hydrogen (secondary N) is 2. The van der Waals surface area contributed by atoms with E-state index in [0.29, 0.717) is 10.7 Å². The molecule has 1 saturated heterocycles. The maximum absolute atomic E-state index is 12.7. The molecule has 0 aromatic carbocycles. The minimum Gasteiger partial charge on any atom is -0.477 e. The van der Waals surface area contributed by atoms with Gasteiger partial charge >= 0.3 is 12.1 Å². The van der Waals surface area contributed by atoms with Gasteiger partial charge in [-0.05, 0) is 5.41 Å². The van der Waals surface area contributed by atoms with Gasteiger partial charge in [-0.1, -0.05) is 23.5 Å². The first-order valence-electron chi connectivity index (χ1n) is 8.31. The van der Waals surface area contributed by atoms with E-state index in [1.807, 2.05) is 5.32 Å². The zero-order chi connectivity index (χ0) is 22.7. The van der Waals surface area contributed by atoms with E-state index in [9.17, 15) is 28.7 Å². The second-order valence-corrected chi connectivity index (χ2v) is 8.81. The SMILES string of the molecule is C=CSC1=C(C(=O)O)N2C(=O)C(NC(=O)/C(=N/OC)c3csc(NC(=O)F)n3)C2SC1. The third kappa shape index (κ3) is 4.57. The number of thiazole rings is 1. The van der Waals surface area contributed by atoms with E-state index in [1.165, 1.54) is 29.7 Å². The number of thioether (sulfide) groups is 2. The molecule has 3 N–H and O–H groups in total. The van der Waals surface area contributed by atoms with Crippen molar-refractivity contribution in [3.8, 4) is 0 Å². The van der Waals surface area contributed by atoms with Crippen LogP contribution in [0, 0.1) is 0 Å². The maximum Gasteiger partial charge on any atom is 0.403 e. The lowest BCUT2D eigenvalue weighted by atomic mass is 10.0. The fourth-order valence-electron chi connectivity index (χ4n) is 2.81. The number of carboxylic acids is 1. The number of halogens is 1. The lowest BCUT2D eigenvalue weighted by molar-refractivity contribution is -0.150. The van der Waals surface area contributed by atoms with E-state index in [4.69, 9.17) is 0 Å². The summed E-state index contributed by atoms with van der Waals surface area (Å²) in [4.78, 5) is 57.7. The third-order valence-electron chi connectivity index (χ3n) is 4.00. The molecular weight excluding hydrogens is 473 g/mol. The molecule has 0 spiro atoms. The molecule has 0 saturated carbocycles. The number of anilines is 1. The summed E-state index contributed by atoms with van der Waals surface area (Å²) in [5.74, 6) is -2.32. The number of fused-ring (bicyclic) bond motifs is 1. The van der Waals surface area contributed by atoms with Crippen LogP contribution in [-0.4, -0.2) is 68.9 Å². The average molecular weight is 488 g/mol. The van der Waals surface area contributed by atoms with Crippen molar-refractivity contribution in [1.82, 2.24) is 15.2 Å². The molecule has 1 aromatic rings. The van der Waals surface area contributed by atoms with Crippen molar-refractivity contribution in [2.45, 2.75) is 11.4 Å². The fraction of sp³-hybridized carbons (Fsp3) is 0.250. The highest BCUT2D eigenvalue weighted by Crippen LogP contribution is 2.43. The first-order chi connectivity index (χ1) is 14.8. The number of aromatic nitrogens is 1. The van der Waals surface area contributed by atoms with Crippen LogP contribution in [0.1, 0.15) is 5.69 Å². The van der Waals surface area contributed by atoms with Gasteiger partial charge in [0.15, 0.2) is 10.8 Å². The number of carbonyl (C=O) groups is 4. The fourth-order valence-corrected chi connectivity index (χ4v) is 5.66. The summed E-state index contributed by atoms with van der Waals surface area (Å²) < 4.78 is 12.5. The van der Waals surface area contributed by atoms with Gasteiger partial charge in [0.05, 0.1) is 0 Å². The van der Waals surface area contributed by atoms with Gasteiger partial charge in [0, 0.05) is 16.0 Å². The summed E-state index contributed by atoms with van der Waals surface area (Å²) >= 11 is 3.27. The van der Waals surface area contributed by atoms with Gasteiger partial charge in [-0.15, -0.1) is 27.5 Å². The Balaban J connectivity index is 1.77.